The van der Waals surface area contributed by atoms with Crippen molar-refractivity contribution in [3.05, 3.63) is 17.5 Å². The van der Waals surface area contributed by atoms with Crippen LogP contribution in [0.2, 0.25) is 0 Å². The lowest BCUT2D eigenvalue weighted by atomic mass is 10.2. The predicted molar refractivity (Wildman–Crippen MR) is 60.2 cm³/mol. The van der Waals surface area contributed by atoms with Gasteiger partial charge in [-0.2, -0.15) is 0 Å². The monoisotopic (exact) mass is 211 g/mol. The summed E-state index contributed by atoms with van der Waals surface area (Å²) in [5.74, 6) is 0.901. The molecular formula is C11H21N3O. The minimum Gasteiger partial charge on any atom is -0.360 e. The fourth-order valence-electron chi connectivity index (χ4n) is 1.56. The topological polar surface area (TPSA) is 55.3 Å². The van der Waals surface area contributed by atoms with Crippen molar-refractivity contribution in [2.45, 2.75) is 46.3 Å². The van der Waals surface area contributed by atoms with Gasteiger partial charge in [0.2, 0.25) is 0 Å². The van der Waals surface area contributed by atoms with Gasteiger partial charge in [0, 0.05) is 18.7 Å². The van der Waals surface area contributed by atoms with Gasteiger partial charge in [0.05, 0.1) is 12.2 Å². The Labute approximate surface area is 91.4 Å². The molecule has 0 bridgehead atoms. The molecule has 0 saturated carbocycles. The van der Waals surface area contributed by atoms with E-state index in [1.807, 2.05) is 6.07 Å². The van der Waals surface area contributed by atoms with Crippen molar-refractivity contribution in [3.63, 3.8) is 0 Å². The minimum atomic E-state index is 0.443. The molecule has 4 nitrogen and oxygen atoms in total. The van der Waals surface area contributed by atoms with E-state index in [0.29, 0.717) is 12.6 Å². The van der Waals surface area contributed by atoms with Crippen molar-refractivity contribution < 1.29 is 4.52 Å². The van der Waals surface area contributed by atoms with Crippen LogP contribution in [0, 0.1) is 0 Å². The van der Waals surface area contributed by atoms with Crippen LogP contribution in [0.15, 0.2) is 10.6 Å². The maximum Gasteiger partial charge on any atom is 0.151 e. The van der Waals surface area contributed by atoms with Gasteiger partial charge in [-0.15, -0.1) is 0 Å². The molecule has 1 unspecified atom stereocenters. The maximum atomic E-state index is 5.48. The molecule has 0 aliphatic heterocycles. The number of rotatable bonds is 6. The number of hydrogen-bond donors (Lipinski definition) is 1. The summed E-state index contributed by atoms with van der Waals surface area (Å²) in [6, 6.07) is 2.51. The number of aromatic nitrogens is 1. The maximum absolute atomic E-state index is 5.48. The Kier molecular flexibility index (Phi) is 4.78. The average molecular weight is 211 g/mol. The molecule has 0 amide bonds. The normalized spacial score (nSPS) is 13.4. The summed E-state index contributed by atoms with van der Waals surface area (Å²) in [7, 11) is 0. The SMILES string of the molecule is CCC(C)N(CC)Cc1cc(CN)no1. The van der Waals surface area contributed by atoms with Crippen molar-refractivity contribution in [2.24, 2.45) is 5.73 Å². The standard InChI is InChI=1S/C11H21N3O/c1-4-9(3)14(5-2)8-11-6-10(7-12)13-15-11/h6,9H,4-5,7-8,12H2,1-3H3. The van der Waals surface area contributed by atoms with Crippen molar-refractivity contribution >= 4 is 0 Å². The quantitative estimate of drug-likeness (QED) is 0.779. The molecule has 0 saturated heterocycles. The highest BCUT2D eigenvalue weighted by Gasteiger charge is 2.13. The third-order valence-electron chi connectivity index (χ3n) is 2.80. The molecule has 86 valence electrons. The van der Waals surface area contributed by atoms with Crippen molar-refractivity contribution in [1.82, 2.24) is 10.1 Å². The molecule has 1 rings (SSSR count). The van der Waals surface area contributed by atoms with Gasteiger partial charge in [0.1, 0.15) is 0 Å². The van der Waals surface area contributed by atoms with Gasteiger partial charge in [-0.05, 0) is 19.9 Å². The Bertz CT molecular complexity index is 285. The summed E-state index contributed by atoms with van der Waals surface area (Å²) in [6.45, 7) is 8.86. The highest BCUT2D eigenvalue weighted by Crippen LogP contribution is 2.11. The van der Waals surface area contributed by atoms with Crippen LogP contribution in [-0.4, -0.2) is 22.6 Å². The first-order chi connectivity index (χ1) is 7.21. The smallest absolute Gasteiger partial charge is 0.151 e. The molecule has 0 radical (unpaired) electrons. The van der Waals surface area contributed by atoms with Gasteiger partial charge in [0.25, 0.3) is 0 Å². The van der Waals surface area contributed by atoms with Crippen molar-refractivity contribution in [3.8, 4) is 0 Å². The van der Waals surface area contributed by atoms with Gasteiger partial charge in [-0.3, -0.25) is 4.90 Å². The van der Waals surface area contributed by atoms with E-state index in [9.17, 15) is 0 Å². The number of nitrogens with zero attached hydrogens (tertiary/aromatic N) is 2. The Balaban J connectivity index is 2.58. The highest BCUT2D eigenvalue weighted by atomic mass is 16.5. The summed E-state index contributed by atoms with van der Waals surface area (Å²) in [5.41, 5.74) is 6.30. The Morgan fingerprint density at radius 1 is 1.53 bits per heavy atom. The van der Waals surface area contributed by atoms with Crippen LogP contribution in [0.3, 0.4) is 0 Å². The van der Waals surface area contributed by atoms with Gasteiger partial charge in [-0.25, -0.2) is 0 Å². The molecular weight excluding hydrogens is 190 g/mol. The third kappa shape index (κ3) is 3.32. The molecule has 1 atom stereocenters. The summed E-state index contributed by atoms with van der Waals surface area (Å²) in [4.78, 5) is 2.36. The van der Waals surface area contributed by atoms with Crippen molar-refractivity contribution in [2.75, 3.05) is 6.54 Å². The highest BCUT2D eigenvalue weighted by molar-refractivity contribution is 5.04. The lowest BCUT2D eigenvalue weighted by molar-refractivity contribution is 0.183. The van der Waals surface area contributed by atoms with Crippen LogP contribution in [0.5, 0.6) is 0 Å². The molecule has 0 spiro atoms. The molecule has 2 N–H and O–H groups in total. The first kappa shape index (κ1) is 12.2. The predicted octanol–water partition coefficient (Wildman–Crippen LogP) is 1.75. The molecule has 1 aromatic rings. The lowest BCUT2D eigenvalue weighted by Crippen LogP contribution is -2.31. The molecule has 0 aliphatic rings. The van der Waals surface area contributed by atoms with Crippen LogP contribution >= 0.6 is 0 Å². The zero-order chi connectivity index (χ0) is 11.3. The average Bonchev–Trinajstić information content (AvgIpc) is 2.72. The van der Waals surface area contributed by atoms with E-state index in [2.05, 4.69) is 30.8 Å². The Morgan fingerprint density at radius 3 is 2.73 bits per heavy atom. The number of nitrogens with two attached hydrogens (primary N) is 1. The first-order valence-corrected chi connectivity index (χ1v) is 5.59. The van der Waals surface area contributed by atoms with Gasteiger partial charge < -0.3 is 10.3 Å². The Morgan fingerprint density at radius 2 is 2.27 bits per heavy atom. The van der Waals surface area contributed by atoms with E-state index >= 15 is 0 Å². The van der Waals surface area contributed by atoms with E-state index < -0.39 is 0 Å². The largest absolute Gasteiger partial charge is 0.360 e. The molecule has 0 aromatic carbocycles. The third-order valence-corrected chi connectivity index (χ3v) is 2.80. The molecule has 1 aromatic heterocycles. The summed E-state index contributed by atoms with van der Waals surface area (Å²) < 4.78 is 5.21. The van der Waals surface area contributed by atoms with Crippen LogP contribution in [0.4, 0.5) is 0 Å². The van der Waals surface area contributed by atoms with E-state index in [-0.39, 0.29) is 0 Å². The van der Waals surface area contributed by atoms with Gasteiger partial charge in [0.15, 0.2) is 5.76 Å². The summed E-state index contributed by atoms with van der Waals surface area (Å²) >= 11 is 0. The van der Waals surface area contributed by atoms with Crippen LogP contribution in [0.25, 0.3) is 0 Å². The fourth-order valence-corrected chi connectivity index (χ4v) is 1.56. The summed E-state index contributed by atoms with van der Waals surface area (Å²) in [6.07, 6.45) is 1.14. The second-order valence-corrected chi connectivity index (χ2v) is 3.81. The zero-order valence-electron chi connectivity index (χ0n) is 9.86. The number of hydrogen-bond acceptors (Lipinski definition) is 4. The summed E-state index contributed by atoms with van der Waals surface area (Å²) in [5, 5.41) is 3.88. The molecule has 1 heterocycles. The van der Waals surface area contributed by atoms with Crippen LogP contribution in [-0.2, 0) is 13.1 Å². The fraction of sp³-hybridized carbons (Fsp3) is 0.727. The second kappa shape index (κ2) is 5.88. The van der Waals surface area contributed by atoms with Gasteiger partial charge >= 0.3 is 0 Å². The molecule has 15 heavy (non-hydrogen) atoms. The van der Waals surface area contributed by atoms with E-state index in [0.717, 1.165) is 31.0 Å². The lowest BCUT2D eigenvalue weighted by Gasteiger charge is -2.25. The molecule has 0 fully saturated rings. The Hall–Kier alpha value is -0.870. The molecule has 0 aliphatic carbocycles. The van der Waals surface area contributed by atoms with E-state index in [1.165, 1.54) is 0 Å². The molecule has 4 heteroatoms. The van der Waals surface area contributed by atoms with Crippen LogP contribution < -0.4 is 5.73 Å². The minimum absolute atomic E-state index is 0.443. The van der Waals surface area contributed by atoms with E-state index in [4.69, 9.17) is 10.3 Å². The van der Waals surface area contributed by atoms with Gasteiger partial charge in [-0.1, -0.05) is 19.0 Å². The van der Waals surface area contributed by atoms with Crippen molar-refractivity contribution in [1.29, 1.82) is 0 Å². The zero-order valence-corrected chi connectivity index (χ0v) is 9.86. The van der Waals surface area contributed by atoms with Crippen LogP contribution in [0.1, 0.15) is 38.6 Å². The second-order valence-electron chi connectivity index (χ2n) is 3.81. The first-order valence-electron chi connectivity index (χ1n) is 5.59. The van der Waals surface area contributed by atoms with E-state index in [1.54, 1.807) is 0 Å².